The summed E-state index contributed by atoms with van der Waals surface area (Å²) in [5.74, 6) is 1.00. The predicted octanol–water partition coefficient (Wildman–Crippen LogP) is 4.30. The average Bonchev–Trinajstić information content (AvgIpc) is 3.40. The maximum absolute atomic E-state index is 14.8. The normalized spacial score (nSPS) is 11.1. The number of halogens is 1. The second kappa shape index (κ2) is 9.80. The summed E-state index contributed by atoms with van der Waals surface area (Å²) >= 11 is 1.69. The van der Waals surface area contributed by atoms with Gasteiger partial charge in [-0.3, -0.25) is 0 Å². The number of aryl methyl sites for hydroxylation is 1. The standard InChI is InChI=1S/C23H24FN5OS/c1-28-12-10-26-23(28)31-13-11-25-15-17-16-29(18-6-4-3-5-7-18)27-22(17)20-9-8-19(30-2)14-21(20)24/h3-10,12,14,16,25H,11,13,15H2,1-2H3. The number of nitrogens with one attached hydrogen (secondary N) is 1. The van der Waals surface area contributed by atoms with E-state index in [0.717, 1.165) is 28.7 Å². The van der Waals surface area contributed by atoms with E-state index in [2.05, 4.69) is 10.3 Å². The van der Waals surface area contributed by atoms with Crippen molar-refractivity contribution < 1.29 is 9.13 Å². The number of rotatable bonds is 9. The molecule has 160 valence electrons. The van der Waals surface area contributed by atoms with E-state index in [0.29, 0.717) is 23.6 Å². The van der Waals surface area contributed by atoms with Gasteiger partial charge in [-0.25, -0.2) is 14.1 Å². The number of para-hydroxylation sites is 1. The summed E-state index contributed by atoms with van der Waals surface area (Å²) in [5.41, 5.74) is 2.92. The molecule has 8 heteroatoms. The molecule has 4 aromatic rings. The number of hydrogen-bond acceptors (Lipinski definition) is 5. The third-order valence-electron chi connectivity index (χ3n) is 4.84. The number of nitrogens with zero attached hydrogens (tertiary/aromatic N) is 4. The number of thioether (sulfide) groups is 1. The van der Waals surface area contributed by atoms with E-state index in [1.807, 2.05) is 54.3 Å². The molecule has 0 aliphatic carbocycles. The Bertz CT molecular complexity index is 1140. The van der Waals surface area contributed by atoms with Gasteiger partial charge in [-0.2, -0.15) is 5.10 Å². The highest BCUT2D eigenvalue weighted by molar-refractivity contribution is 7.99. The van der Waals surface area contributed by atoms with E-state index < -0.39 is 0 Å². The minimum atomic E-state index is -0.357. The van der Waals surface area contributed by atoms with Crippen molar-refractivity contribution in [1.29, 1.82) is 0 Å². The molecule has 0 saturated carbocycles. The summed E-state index contributed by atoms with van der Waals surface area (Å²) in [7, 11) is 3.51. The number of aromatic nitrogens is 4. The fourth-order valence-electron chi connectivity index (χ4n) is 3.22. The lowest BCUT2D eigenvalue weighted by molar-refractivity contribution is 0.411. The quantitative estimate of drug-likeness (QED) is 0.313. The molecule has 0 aliphatic heterocycles. The Hall–Kier alpha value is -3.10. The first-order valence-corrected chi connectivity index (χ1v) is 10.9. The first kappa shape index (κ1) is 21.1. The van der Waals surface area contributed by atoms with Crippen molar-refractivity contribution in [1.82, 2.24) is 24.6 Å². The molecule has 6 nitrogen and oxygen atoms in total. The molecule has 0 atom stereocenters. The minimum absolute atomic E-state index is 0.357. The van der Waals surface area contributed by atoms with Gasteiger partial charge in [0.25, 0.3) is 0 Å². The minimum Gasteiger partial charge on any atom is -0.497 e. The zero-order chi connectivity index (χ0) is 21.6. The van der Waals surface area contributed by atoms with Crippen LogP contribution in [0.1, 0.15) is 5.56 Å². The van der Waals surface area contributed by atoms with E-state index in [1.54, 1.807) is 34.8 Å². The van der Waals surface area contributed by atoms with E-state index in [-0.39, 0.29) is 5.82 Å². The van der Waals surface area contributed by atoms with Gasteiger partial charge in [-0.05, 0) is 24.3 Å². The lowest BCUT2D eigenvalue weighted by atomic mass is 10.1. The van der Waals surface area contributed by atoms with Crippen molar-refractivity contribution >= 4 is 11.8 Å². The van der Waals surface area contributed by atoms with Crippen LogP contribution in [0.25, 0.3) is 16.9 Å². The first-order valence-electron chi connectivity index (χ1n) is 9.94. The van der Waals surface area contributed by atoms with Crippen LogP contribution in [0.15, 0.2) is 72.3 Å². The summed E-state index contributed by atoms with van der Waals surface area (Å²) in [4.78, 5) is 4.32. The first-order chi connectivity index (χ1) is 15.2. The Morgan fingerprint density at radius 2 is 2.00 bits per heavy atom. The molecule has 0 fully saturated rings. The Morgan fingerprint density at radius 3 is 2.71 bits per heavy atom. The fraction of sp³-hybridized carbons (Fsp3) is 0.217. The second-order valence-corrected chi connectivity index (χ2v) is 8.04. The van der Waals surface area contributed by atoms with Crippen molar-refractivity contribution in [3.05, 3.63) is 78.5 Å². The molecule has 2 aromatic heterocycles. The second-order valence-electron chi connectivity index (χ2n) is 6.97. The Balaban J connectivity index is 1.52. The number of methoxy groups -OCH3 is 1. The van der Waals surface area contributed by atoms with Crippen molar-refractivity contribution in [3.8, 4) is 22.7 Å². The number of ether oxygens (including phenoxy) is 1. The predicted molar refractivity (Wildman–Crippen MR) is 121 cm³/mol. The fourth-order valence-corrected chi connectivity index (χ4v) is 4.05. The highest BCUT2D eigenvalue weighted by Gasteiger charge is 2.16. The van der Waals surface area contributed by atoms with Gasteiger partial charge in [0.15, 0.2) is 5.16 Å². The van der Waals surface area contributed by atoms with Gasteiger partial charge >= 0.3 is 0 Å². The van der Waals surface area contributed by atoms with Crippen LogP contribution in [-0.4, -0.2) is 38.7 Å². The van der Waals surface area contributed by atoms with Crippen molar-refractivity contribution in [3.63, 3.8) is 0 Å². The Labute approximate surface area is 185 Å². The molecule has 0 bridgehead atoms. The van der Waals surface area contributed by atoms with Crippen LogP contribution in [0.5, 0.6) is 5.75 Å². The molecule has 0 amide bonds. The zero-order valence-electron chi connectivity index (χ0n) is 17.5. The third kappa shape index (κ3) is 4.98. The molecule has 0 unspecified atom stereocenters. The molecule has 0 aliphatic rings. The Kier molecular flexibility index (Phi) is 6.69. The lowest BCUT2D eigenvalue weighted by Crippen LogP contribution is -2.17. The monoisotopic (exact) mass is 437 g/mol. The summed E-state index contributed by atoms with van der Waals surface area (Å²) < 4.78 is 23.7. The molecule has 4 rings (SSSR count). The van der Waals surface area contributed by atoms with Crippen molar-refractivity contribution in [2.75, 3.05) is 19.4 Å². The maximum Gasteiger partial charge on any atom is 0.167 e. The van der Waals surface area contributed by atoms with Crippen LogP contribution in [0.4, 0.5) is 4.39 Å². The topological polar surface area (TPSA) is 56.9 Å². The van der Waals surface area contributed by atoms with E-state index in [4.69, 9.17) is 9.84 Å². The van der Waals surface area contributed by atoms with Gasteiger partial charge in [0.05, 0.1) is 12.8 Å². The molecule has 1 N–H and O–H groups in total. The van der Waals surface area contributed by atoms with Crippen LogP contribution in [0.2, 0.25) is 0 Å². The maximum atomic E-state index is 14.8. The molecule has 0 spiro atoms. The van der Waals surface area contributed by atoms with Gasteiger partial charge in [0, 0.05) is 61.7 Å². The van der Waals surface area contributed by atoms with Crippen molar-refractivity contribution in [2.24, 2.45) is 7.05 Å². The van der Waals surface area contributed by atoms with Crippen LogP contribution in [0.3, 0.4) is 0 Å². The molecule has 0 saturated heterocycles. The summed E-state index contributed by atoms with van der Waals surface area (Å²) in [5, 5.41) is 9.12. The SMILES string of the molecule is COc1ccc(-c2nn(-c3ccccc3)cc2CNCCSc2nccn2C)c(F)c1. The number of imidazole rings is 1. The number of benzene rings is 2. The molecule has 31 heavy (non-hydrogen) atoms. The lowest BCUT2D eigenvalue weighted by Gasteiger charge is -2.07. The van der Waals surface area contributed by atoms with Crippen LogP contribution >= 0.6 is 11.8 Å². The molecular formula is C23H24FN5OS. The van der Waals surface area contributed by atoms with Crippen molar-refractivity contribution in [2.45, 2.75) is 11.7 Å². The summed E-state index contributed by atoms with van der Waals surface area (Å²) in [6, 6.07) is 14.7. The number of hydrogen-bond donors (Lipinski definition) is 1. The molecule has 2 heterocycles. The third-order valence-corrected chi connectivity index (χ3v) is 5.90. The largest absolute Gasteiger partial charge is 0.497 e. The van der Waals surface area contributed by atoms with E-state index in [1.165, 1.54) is 13.2 Å². The average molecular weight is 438 g/mol. The molecular weight excluding hydrogens is 413 g/mol. The highest BCUT2D eigenvalue weighted by atomic mass is 32.2. The smallest absolute Gasteiger partial charge is 0.167 e. The van der Waals surface area contributed by atoms with Gasteiger partial charge in [-0.15, -0.1) is 0 Å². The van der Waals surface area contributed by atoms with Gasteiger partial charge in [-0.1, -0.05) is 30.0 Å². The van der Waals surface area contributed by atoms with Crippen LogP contribution in [-0.2, 0) is 13.6 Å². The van der Waals surface area contributed by atoms with Gasteiger partial charge < -0.3 is 14.6 Å². The molecule has 2 aromatic carbocycles. The van der Waals surface area contributed by atoms with Gasteiger partial charge in [0.2, 0.25) is 0 Å². The Morgan fingerprint density at radius 1 is 1.16 bits per heavy atom. The van der Waals surface area contributed by atoms with Gasteiger partial charge in [0.1, 0.15) is 17.3 Å². The summed E-state index contributed by atoms with van der Waals surface area (Å²) in [6.07, 6.45) is 5.68. The van der Waals surface area contributed by atoms with E-state index >= 15 is 0 Å². The van der Waals surface area contributed by atoms with E-state index in [9.17, 15) is 4.39 Å². The highest BCUT2D eigenvalue weighted by Crippen LogP contribution is 2.29. The summed E-state index contributed by atoms with van der Waals surface area (Å²) in [6.45, 7) is 1.37. The molecule has 0 radical (unpaired) electrons. The van der Waals surface area contributed by atoms with Crippen LogP contribution < -0.4 is 10.1 Å². The zero-order valence-corrected chi connectivity index (χ0v) is 18.3. The van der Waals surface area contributed by atoms with Crippen LogP contribution in [0, 0.1) is 5.82 Å².